The lowest BCUT2D eigenvalue weighted by Gasteiger charge is -2.29. The smallest absolute Gasteiger partial charge is 0.307 e. The molecule has 2 rings (SSSR count). The Hall–Kier alpha value is -0.650. The zero-order valence-corrected chi connectivity index (χ0v) is 10.4. The summed E-state index contributed by atoms with van der Waals surface area (Å²) in [6, 6.07) is 0. The van der Waals surface area contributed by atoms with Gasteiger partial charge in [0.25, 0.3) is 0 Å². The van der Waals surface area contributed by atoms with Crippen LogP contribution in [0.15, 0.2) is 10.2 Å². The minimum atomic E-state index is -0.123. The van der Waals surface area contributed by atoms with E-state index in [1.54, 1.807) is 0 Å². The van der Waals surface area contributed by atoms with E-state index in [0.29, 0.717) is 0 Å². The molecule has 1 fully saturated rings. The lowest BCUT2D eigenvalue weighted by atomic mass is 10.1. The van der Waals surface area contributed by atoms with Crippen molar-refractivity contribution in [3.05, 3.63) is 20.7 Å². The first-order valence-corrected chi connectivity index (χ1v) is 6.60. The van der Waals surface area contributed by atoms with E-state index in [1.807, 2.05) is 16.9 Å². The van der Waals surface area contributed by atoms with Crippen molar-refractivity contribution < 1.29 is 5.11 Å². The Bertz CT molecular complexity index is 391. The summed E-state index contributed by atoms with van der Waals surface area (Å²) >= 11 is 1.27. The third-order valence-corrected chi connectivity index (χ3v) is 4.05. The van der Waals surface area contributed by atoms with Crippen LogP contribution in [0.2, 0.25) is 0 Å². The van der Waals surface area contributed by atoms with Crippen LogP contribution in [-0.2, 0) is 6.54 Å². The number of nitrogens with zero attached hydrogens (tertiary/aromatic N) is 2. The fraction of sp³-hybridized carbons (Fsp3) is 0.727. The third kappa shape index (κ3) is 2.72. The highest BCUT2D eigenvalue weighted by atomic mass is 32.1. The average molecular weight is 242 g/mol. The van der Waals surface area contributed by atoms with Crippen LogP contribution in [0.4, 0.5) is 0 Å². The predicted octanol–water partition coefficient (Wildman–Crippen LogP) is 0.675. The molecule has 0 aliphatic carbocycles. The van der Waals surface area contributed by atoms with Gasteiger partial charge in [-0.1, -0.05) is 11.3 Å². The molecule has 1 aliphatic heterocycles. The summed E-state index contributed by atoms with van der Waals surface area (Å²) in [5, 5.41) is 11.3. The quantitative estimate of drug-likeness (QED) is 0.847. The summed E-state index contributed by atoms with van der Waals surface area (Å²) in [7, 11) is 0. The molecule has 5 heteroatoms. The second-order valence-electron chi connectivity index (χ2n) is 4.37. The van der Waals surface area contributed by atoms with Crippen molar-refractivity contribution in [2.24, 2.45) is 0 Å². The molecule has 1 N–H and O–H groups in total. The van der Waals surface area contributed by atoms with Gasteiger partial charge in [0.2, 0.25) is 0 Å². The van der Waals surface area contributed by atoms with Crippen molar-refractivity contribution in [3.8, 4) is 0 Å². The highest BCUT2D eigenvalue weighted by Gasteiger charge is 2.16. The Kier molecular flexibility index (Phi) is 3.78. The van der Waals surface area contributed by atoms with Crippen LogP contribution >= 0.6 is 11.3 Å². The van der Waals surface area contributed by atoms with E-state index in [4.69, 9.17) is 0 Å². The van der Waals surface area contributed by atoms with Gasteiger partial charge in [0, 0.05) is 37.3 Å². The number of rotatable bonds is 3. The molecule has 0 spiro atoms. The summed E-state index contributed by atoms with van der Waals surface area (Å²) in [5.41, 5.74) is 1.05. The number of aliphatic hydroxyl groups excluding tert-OH is 1. The Morgan fingerprint density at radius 2 is 2.12 bits per heavy atom. The van der Waals surface area contributed by atoms with Gasteiger partial charge in [0.05, 0.1) is 6.10 Å². The van der Waals surface area contributed by atoms with Gasteiger partial charge in [-0.05, 0) is 19.8 Å². The van der Waals surface area contributed by atoms with E-state index in [0.717, 1.165) is 44.7 Å². The largest absolute Gasteiger partial charge is 0.393 e. The number of likely N-dealkylation sites (tertiary alicyclic amines) is 1. The van der Waals surface area contributed by atoms with Gasteiger partial charge >= 0.3 is 4.87 Å². The van der Waals surface area contributed by atoms with E-state index >= 15 is 0 Å². The van der Waals surface area contributed by atoms with Crippen molar-refractivity contribution >= 4 is 11.3 Å². The van der Waals surface area contributed by atoms with Crippen LogP contribution in [-0.4, -0.2) is 40.3 Å². The molecule has 4 nitrogen and oxygen atoms in total. The molecule has 0 amide bonds. The molecule has 1 saturated heterocycles. The van der Waals surface area contributed by atoms with Gasteiger partial charge in [-0.2, -0.15) is 0 Å². The second-order valence-corrected chi connectivity index (χ2v) is 5.19. The van der Waals surface area contributed by atoms with Crippen LogP contribution in [0.5, 0.6) is 0 Å². The Balaban J connectivity index is 1.86. The van der Waals surface area contributed by atoms with Gasteiger partial charge in [-0.3, -0.25) is 4.79 Å². The first-order chi connectivity index (χ1) is 7.66. The average Bonchev–Trinajstić information content (AvgIpc) is 2.59. The molecule has 0 atom stereocenters. The van der Waals surface area contributed by atoms with Crippen molar-refractivity contribution in [2.45, 2.75) is 32.4 Å². The van der Waals surface area contributed by atoms with Crippen molar-refractivity contribution in [1.29, 1.82) is 0 Å². The van der Waals surface area contributed by atoms with E-state index in [1.165, 1.54) is 11.3 Å². The summed E-state index contributed by atoms with van der Waals surface area (Å²) in [6.45, 7) is 5.53. The lowest BCUT2D eigenvalue weighted by molar-refractivity contribution is 0.0808. The van der Waals surface area contributed by atoms with E-state index in [2.05, 4.69) is 4.90 Å². The summed E-state index contributed by atoms with van der Waals surface area (Å²) in [6.07, 6.45) is 1.59. The molecular weight excluding hydrogens is 224 g/mol. The Labute approximate surface area is 99.1 Å². The summed E-state index contributed by atoms with van der Waals surface area (Å²) in [4.78, 5) is 13.9. The normalized spacial score (nSPS) is 19.1. The molecule has 0 radical (unpaired) electrons. The number of aliphatic hydroxyl groups is 1. The number of hydrogen-bond donors (Lipinski definition) is 1. The summed E-state index contributed by atoms with van der Waals surface area (Å²) < 4.78 is 1.83. The zero-order valence-electron chi connectivity index (χ0n) is 9.56. The van der Waals surface area contributed by atoms with E-state index < -0.39 is 0 Å². The molecule has 2 heterocycles. The lowest BCUT2D eigenvalue weighted by Crippen LogP contribution is -2.38. The Morgan fingerprint density at radius 1 is 1.44 bits per heavy atom. The molecule has 0 unspecified atom stereocenters. The van der Waals surface area contributed by atoms with Crippen LogP contribution in [0.1, 0.15) is 18.5 Å². The number of aromatic nitrogens is 1. The van der Waals surface area contributed by atoms with E-state index in [9.17, 15) is 9.90 Å². The second kappa shape index (κ2) is 5.12. The zero-order chi connectivity index (χ0) is 11.5. The maximum atomic E-state index is 11.5. The van der Waals surface area contributed by atoms with Gasteiger partial charge in [0.1, 0.15) is 0 Å². The van der Waals surface area contributed by atoms with Gasteiger partial charge < -0.3 is 14.6 Å². The number of hydrogen-bond acceptors (Lipinski definition) is 4. The third-order valence-electron chi connectivity index (χ3n) is 3.17. The molecule has 0 saturated carbocycles. The molecular formula is C11H18N2O2S. The maximum absolute atomic E-state index is 11.5. The Morgan fingerprint density at radius 3 is 2.69 bits per heavy atom. The SMILES string of the molecule is Cc1csc(=O)n1CCN1CCC(O)CC1. The standard InChI is InChI=1S/C11H18N2O2S/c1-9-8-16-11(15)13(9)7-6-12-4-2-10(14)3-5-12/h8,10,14H,2-7H2,1H3. The van der Waals surface area contributed by atoms with E-state index in [-0.39, 0.29) is 11.0 Å². The highest BCUT2D eigenvalue weighted by molar-refractivity contribution is 7.07. The first kappa shape index (κ1) is 11.8. The fourth-order valence-corrected chi connectivity index (χ4v) is 2.82. The van der Waals surface area contributed by atoms with Gasteiger partial charge in [0.15, 0.2) is 0 Å². The van der Waals surface area contributed by atoms with Gasteiger partial charge in [-0.25, -0.2) is 0 Å². The number of piperidine rings is 1. The first-order valence-electron chi connectivity index (χ1n) is 5.72. The minimum absolute atomic E-state index is 0.123. The van der Waals surface area contributed by atoms with Gasteiger partial charge in [-0.15, -0.1) is 0 Å². The summed E-state index contributed by atoms with van der Waals surface area (Å²) in [5.74, 6) is 0. The van der Waals surface area contributed by atoms with Crippen LogP contribution in [0.25, 0.3) is 0 Å². The fourth-order valence-electron chi connectivity index (χ4n) is 2.06. The monoisotopic (exact) mass is 242 g/mol. The molecule has 1 aromatic rings. The highest BCUT2D eigenvalue weighted by Crippen LogP contribution is 2.09. The minimum Gasteiger partial charge on any atom is -0.393 e. The molecule has 0 aromatic carbocycles. The van der Waals surface area contributed by atoms with Crippen molar-refractivity contribution in [1.82, 2.24) is 9.47 Å². The van der Waals surface area contributed by atoms with Crippen LogP contribution in [0.3, 0.4) is 0 Å². The van der Waals surface area contributed by atoms with Crippen molar-refractivity contribution in [2.75, 3.05) is 19.6 Å². The van der Waals surface area contributed by atoms with Crippen molar-refractivity contribution in [3.63, 3.8) is 0 Å². The molecule has 1 aromatic heterocycles. The topological polar surface area (TPSA) is 45.5 Å². The van der Waals surface area contributed by atoms with Crippen LogP contribution < -0.4 is 4.87 Å². The molecule has 0 bridgehead atoms. The molecule has 90 valence electrons. The number of thiazole rings is 1. The maximum Gasteiger partial charge on any atom is 0.307 e. The van der Waals surface area contributed by atoms with Crippen LogP contribution in [0, 0.1) is 6.92 Å². The molecule has 1 aliphatic rings. The molecule has 16 heavy (non-hydrogen) atoms. The predicted molar refractivity (Wildman–Crippen MR) is 65.0 cm³/mol. The number of aryl methyl sites for hydroxylation is 1.